The van der Waals surface area contributed by atoms with Crippen molar-refractivity contribution in [3.05, 3.63) is 63.6 Å². The van der Waals surface area contributed by atoms with Crippen LogP contribution in [0.5, 0.6) is 0 Å². The van der Waals surface area contributed by atoms with Crippen LogP contribution in [0.4, 0.5) is 5.69 Å². The molecule has 0 saturated carbocycles. The molecular formula is C16H12BrN3. The first-order valence-electron chi connectivity index (χ1n) is 6.11. The molecule has 3 nitrogen and oxygen atoms in total. The zero-order valence-corrected chi connectivity index (χ0v) is 12.5. The summed E-state index contributed by atoms with van der Waals surface area (Å²) < 4.78 is 1.04. The van der Waals surface area contributed by atoms with Crippen molar-refractivity contribution in [3.63, 3.8) is 0 Å². The van der Waals surface area contributed by atoms with Crippen LogP contribution < -0.4 is 5.32 Å². The van der Waals surface area contributed by atoms with Gasteiger partial charge in [-0.15, -0.1) is 0 Å². The molecule has 98 valence electrons. The van der Waals surface area contributed by atoms with Gasteiger partial charge in [0.05, 0.1) is 11.1 Å². The van der Waals surface area contributed by atoms with Crippen molar-refractivity contribution in [3.8, 4) is 12.1 Å². The van der Waals surface area contributed by atoms with Gasteiger partial charge in [0.15, 0.2) is 0 Å². The number of anilines is 1. The maximum absolute atomic E-state index is 9.03. The number of nitrogens with zero attached hydrogens (tertiary/aromatic N) is 2. The Labute approximate surface area is 126 Å². The first-order valence-corrected chi connectivity index (χ1v) is 6.90. The second-order valence-corrected chi connectivity index (χ2v) is 5.23. The Morgan fingerprint density at radius 1 is 1.05 bits per heavy atom. The molecule has 0 fully saturated rings. The average Bonchev–Trinajstić information content (AvgIpc) is 2.47. The highest BCUT2D eigenvalue weighted by Gasteiger charge is 2.10. The van der Waals surface area contributed by atoms with Crippen LogP contribution in [0, 0.1) is 22.7 Å². The Morgan fingerprint density at radius 2 is 1.75 bits per heavy atom. The van der Waals surface area contributed by atoms with Gasteiger partial charge < -0.3 is 5.32 Å². The van der Waals surface area contributed by atoms with E-state index in [1.165, 1.54) is 0 Å². The first kappa shape index (κ1) is 14.1. The third kappa shape index (κ3) is 2.99. The normalized spacial score (nSPS) is 11.2. The summed E-state index contributed by atoms with van der Waals surface area (Å²) in [5.41, 5.74) is 2.74. The predicted molar refractivity (Wildman–Crippen MR) is 82.1 cm³/mol. The number of nitrogens with one attached hydrogen (secondary N) is 1. The van der Waals surface area contributed by atoms with Crippen LogP contribution in [0.15, 0.2) is 46.9 Å². The largest absolute Gasteiger partial charge is 0.378 e. The third-order valence-corrected chi connectivity index (χ3v) is 3.74. The second-order valence-electron chi connectivity index (χ2n) is 4.37. The molecule has 0 bridgehead atoms. The summed E-state index contributed by atoms with van der Waals surface area (Å²) in [7, 11) is 0. The van der Waals surface area contributed by atoms with Gasteiger partial charge in [-0.3, -0.25) is 0 Å². The molecule has 1 N–H and O–H groups in total. The van der Waals surface area contributed by atoms with E-state index in [-0.39, 0.29) is 6.04 Å². The average molecular weight is 326 g/mol. The van der Waals surface area contributed by atoms with Crippen LogP contribution in [-0.2, 0) is 0 Å². The number of hydrogen-bond acceptors (Lipinski definition) is 3. The maximum Gasteiger partial charge on any atom is 0.101 e. The van der Waals surface area contributed by atoms with Crippen molar-refractivity contribution < 1.29 is 0 Å². The highest BCUT2D eigenvalue weighted by molar-refractivity contribution is 9.10. The summed E-state index contributed by atoms with van der Waals surface area (Å²) in [6, 6.07) is 17.3. The summed E-state index contributed by atoms with van der Waals surface area (Å²) >= 11 is 3.53. The fraction of sp³-hybridized carbons (Fsp3) is 0.125. The van der Waals surface area contributed by atoms with Crippen LogP contribution in [0.2, 0.25) is 0 Å². The van der Waals surface area contributed by atoms with Gasteiger partial charge in [-0.05, 0) is 36.8 Å². The number of hydrogen-bond donors (Lipinski definition) is 1. The van der Waals surface area contributed by atoms with Crippen LogP contribution >= 0.6 is 15.9 Å². The number of rotatable bonds is 3. The van der Waals surface area contributed by atoms with E-state index in [1.54, 1.807) is 12.1 Å². The van der Waals surface area contributed by atoms with Crippen molar-refractivity contribution in [1.29, 1.82) is 10.5 Å². The van der Waals surface area contributed by atoms with Gasteiger partial charge in [-0.2, -0.15) is 10.5 Å². The molecule has 0 amide bonds. The lowest BCUT2D eigenvalue weighted by Crippen LogP contribution is -2.07. The minimum atomic E-state index is 0.0880. The molecule has 4 heteroatoms. The molecule has 1 unspecified atom stereocenters. The molecule has 0 spiro atoms. The van der Waals surface area contributed by atoms with E-state index >= 15 is 0 Å². The molecule has 2 aromatic rings. The van der Waals surface area contributed by atoms with E-state index in [1.807, 2.05) is 49.4 Å². The molecule has 0 saturated heterocycles. The monoisotopic (exact) mass is 325 g/mol. The standard InChI is InChI=1S/C16H12BrN3/c1-11(15-4-2-3-5-16(15)17)20-14-7-6-12(9-18)13(8-14)10-19/h2-8,11,20H,1H3. The van der Waals surface area contributed by atoms with Crippen molar-refractivity contribution in [2.24, 2.45) is 0 Å². The summed E-state index contributed by atoms with van der Waals surface area (Å²) in [4.78, 5) is 0. The molecule has 0 heterocycles. The van der Waals surface area contributed by atoms with Crippen molar-refractivity contribution >= 4 is 21.6 Å². The van der Waals surface area contributed by atoms with Crippen molar-refractivity contribution in [2.45, 2.75) is 13.0 Å². The van der Waals surface area contributed by atoms with Gasteiger partial charge >= 0.3 is 0 Å². The van der Waals surface area contributed by atoms with Crippen LogP contribution in [0.1, 0.15) is 29.7 Å². The summed E-state index contributed by atoms with van der Waals surface area (Å²) in [6.45, 7) is 2.05. The topological polar surface area (TPSA) is 59.6 Å². The fourth-order valence-electron chi connectivity index (χ4n) is 1.98. The molecule has 0 aliphatic heterocycles. The Kier molecular flexibility index (Phi) is 4.40. The minimum absolute atomic E-state index is 0.0880. The minimum Gasteiger partial charge on any atom is -0.378 e. The van der Waals surface area contributed by atoms with Crippen molar-refractivity contribution in [2.75, 3.05) is 5.32 Å². The molecule has 0 aliphatic carbocycles. The van der Waals surface area contributed by atoms with E-state index in [0.29, 0.717) is 11.1 Å². The smallest absolute Gasteiger partial charge is 0.101 e. The van der Waals surface area contributed by atoms with E-state index in [2.05, 4.69) is 21.2 Å². The van der Waals surface area contributed by atoms with Gasteiger partial charge in [0.25, 0.3) is 0 Å². The van der Waals surface area contributed by atoms with Crippen LogP contribution in [0.25, 0.3) is 0 Å². The van der Waals surface area contributed by atoms with E-state index < -0.39 is 0 Å². The zero-order valence-electron chi connectivity index (χ0n) is 10.9. The number of nitriles is 2. The Morgan fingerprint density at radius 3 is 2.40 bits per heavy atom. The highest BCUT2D eigenvalue weighted by Crippen LogP contribution is 2.26. The van der Waals surface area contributed by atoms with Crippen molar-refractivity contribution in [1.82, 2.24) is 0 Å². The van der Waals surface area contributed by atoms with E-state index in [9.17, 15) is 0 Å². The molecule has 0 aliphatic rings. The predicted octanol–water partition coefficient (Wildman–Crippen LogP) is 4.37. The molecule has 20 heavy (non-hydrogen) atoms. The summed E-state index contributed by atoms with van der Waals surface area (Å²) in [5.74, 6) is 0. The lowest BCUT2D eigenvalue weighted by Gasteiger charge is -2.17. The highest BCUT2D eigenvalue weighted by atomic mass is 79.9. The summed E-state index contributed by atoms with van der Waals surface area (Å²) in [6.07, 6.45) is 0. The fourth-order valence-corrected chi connectivity index (χ4v) is 2.61. The summed E-state index contributed by atoms with van der Waals surface area (Å²) in [5, 5.41) is 21.3. The van der Waals surface area contributed by atoms with Gasteiger partial charge in [-0.1, -0.05) is 34.1 Å². The lowest BCUT2D eigenvalue weighted by molar-refractivity contribution is 0.879. The second kappa shape index (κ2) is 6.23. The lowest BCUT2D eigenvalue weighted by atomic mass is 10.1. The van der Waals surface area contributed by atoms with E-state index in [4.69, 9.17) is 10.5 Å². The van der Waals surface area contributed by atoms with E-state index in [0.717, 1.165) is 15.7 Å². The van der Waals surface area contributed by atoms with Crippen LogP contribution in [0.3, 0.4) is 0 Å². The molecule has 0 radical (unpaired) electrons. The maximum atomic E-state index is 9.03. The molecule has 2 rings (SSSR count). The number of halogens is 1. The zero-order chi connectivity index (χ0) is 14.5. The van der Waals surface area contributed by atoms with Gasteiger partial charge in [0.1, 0.15) is 12.1 Å². The Hall–Kier alpha value is -2.30. The molecule has 0 aromatic heterocycles. The number of benzene rings is 2. The molecule has 2 aromatic carbocycles. The third-order valence-electron chi connectivity index (χ3n) is 3.02. The van der Waals surface area contributed by atoms with Crippen LogP contribution in [-0.4, -0.2) is 0 Å². The molecular weight excluding hydrogens is 314 g/mol. The first-order chi connectivity index (χ1) is 9.65. The van der Waals surface area contributed by atoms with Gasteiger partial charge in [0.2, 0.25) is 0 Å². The van der Waals surface area contributed by atoms with Gasteiger partial charge in [0, 0.05) is 16.2 Å². The Bertz CT molecular complexity index is 710. The molecule has 1 atom stereocenters. The SMILES string of the molecule is CC(Nc1ccc(C#N)c(C#N)c1)c1ccccc1Br. The quantitative estimate of drug-likeness (QED) is 0.911. The Balaban J connectivity index is 2.25. The van der Waals surface area contributed by atoms with Gasteiger partial charge in [-0.25, -0.2) is 0 Å².